The van der Waals surface area contributed by atoms with Crippen LogP contribution in [0.15, 0.2) is 28.7 Å². The molecule has 0 unspecified atom stereocenters. The number of carbonyl (C=O) groups is 2. The number of benzene rings is 1. The summed E-state index contributed by atoms with van der Waals surface area (Å²) < 4.78 is 5.99. The second-order valence-corrected chi connectivity index (χ2v) is 7.03. The fourth-order valence-corrected chi connectivity index (χ4v) is 2.29. The number of hydrogen-bond donors (Lipinski definition) is 1. The Balaban J connectivity index is 2.62. The number of aryl methyl sites for hydroxylation is 1. The topological polar surface area (TPSA) is 55.4 Å². The van der Waals surface area contributed by atoms with Crippen LogP contribution in [0, 0.1) is 6.92 Å². The summed E-state index contributed by atoms with van der Waals surface area (Å²) in [7, 11) is 0. The lowest BCUT2D eigenvalue weighted by molar-refractivity contribution is -0.150. The third kappa shape index (κ3) is 6.43. The Morgan fingerprint density at radius 2 is 1.95 bits per heavy atom. The zero-order chi connectivity index (χ0) is 16.9. The molecule has 4 nitrogen and oxygen atoms in total. The first kappa shape index (κ1) is 18.4. The Labute approximate surface area is 140 Å². The normalized spacial score (nSPS) is 13.0. The summed E-state index contributed by atoms with van der Waals surface area (Å²) in [4.78, 5) is 23.6. The number of halogens is 1. The zero-order valence-electron chi connectivity index (χ0n) is 13.6. The molecule has 1 rings (SSSR count). The molecule has 0 saturated carbocycles. The summed E-state index contributed by atoms with van der Waals surface area (Å²) in [6.07, 6.45) is 2.13. The van der Waals surface area contributed by atoms with E-state index in [1.807, 2.05) is 45.9 Å². The summed E-state index contributed by atoms with van der Waals surface area (Å²) in [5.74, 6) is -0.866. The average Bonchev–Trinajstić information content (AvgIpc) is 2.35. The Kier molecular flexibility index (Phi) is 6.35. The largest absolute Gasteiger partial charge is 0.449 e. The van der Waals surface area contributed by atoms with Crippen LogP contribution in [0.2, 0.25) is 0 Å². The Morgan fingerprint density at radius 1 is 1.32 bits per heavy atom. The zero-order valence-corrected chi connectivity index (χ0v) is 15.2. The fraction of sp³-hybridized carbons (Fsp3) is 0.412. The van der Waals surface area contributed by atoms with Crippen molar-refractivity contribution in [2.75, 3.05) is 0 Å². The number of hydrogen-bond acceptors (Lipinski definition) is 3. The highest BCUT2D eigenvalue weighted by molar-refractivity contribution is 9.10. The van der Waals surface area contributed by atoms with E-state index in [-0.39, 0.29) is 11.4 Å². The van der Waals surface area contributed by atoms with Gasteiger partial charge in [-0.3, -0.25) is 4.79 Å². The van der Waals surface area contributed by atoms with Crippen LogP contribution in [0.25, 0.3) is 6.08 Å². The first-order valence-electron chi connectivity index (χ1n) is 7.05. The van der Waals surface area contributed by atoms with Crippen LogP contribution in [0.3, 0.4) is 0 Å². The van der Waals surface area contributed by atoms with Gasteiger partial charge in [0.2, 0.25) is 0 Å². The number of amides is 1. The van der Waals surface area contributed by atoms with Crippen molar-refractivity contribution >= 4 is 33.9 Å². The van der Waals surface area contributed by atoms with Gasteiger partial charge in [0.25, 0.3) is 5.91 Å². The van der Waals surface area contributed by atoms with Gasteiger partial charge in [-0.15, -0.1) is 0 Å². The van der Waals surface area contributed by atoms with Gasteiger partial charge < -0.3 is 10.1 Å². The highest BCUT2D eigenvalue weighted by atomic mass is 79.9. The minimum Gasteiger partial charge on any atom is -0.449 e. The van der Waals surface area contributed by atoms with Crippen LogP contribution in [-0.2, 0) is 14.3 Å². The Hall–Kier alpha value is -1.62. The van der Waals surface area contributed by atoms with Crippen molar-refractivity contribution in [2.24, 2.45) is 0 Å². The summed E-state index contributed by atoms with van der Waals surface area (Å²) in [6.45, 7) is 9.15. The van der Waals surface area contributed by atoms with Gasteiger partial charge in [-0.2, -0.15) is 0 Å². The molecular weight excluding hydrogens is 346 g/mol. The van der Waals surface area contributed by atoms with E-state index in [1.165, 1.54) is 6.08 Å². The highest BCUT2D eigenvalue weighted by Crippen LogP contribution is 2.19. The average molecular weight is 368 g/mol. The number of rotatable bonds is 4. The molecule has 1 aromatic rings. The minimum atomic E-state index is -0.835. The second kappa shape index (κ2) is 7.58. The van der Waals surface area contributed by atoms with Crippen LogP contribution in [0.1, 0.15) is 38.8 Å². The maximum atomic E-state index is 11.8. The molecule has 0 aliphatic rings. The first-order valence-corrected chi connectivity index (χ1v) is 7.84. The van der Waals surface area contributed by atoms with Crippen LogP contribution in [0.5, 0.6) is 0 Å². The number of ether oxygens (including phenoxy) is 1. The van der Waals surface area contributed by atoms with Crippen molar-refractivity contribution in [3.05, 3.63) is 39.9 Å². The number of nitrogens with one attached hydrogen (secondary N) is 1. The quantitative estimate of drug-likeness (QED) is 0.653. The van der Waals surface area contributed by atoms with Gasteiger partial charge in [-0.25, -0.2) is 4.79 Å². The molecule has 0 bridgehead atoms. The minimum absolute atomic E-state index is 0.314. The van der Waals surface area contributed by atoms with Crippen LogP contribution in [0.4, 0.5) is 0 Å². The van der Waals surface area contributed by atoms with Crippen molar-refractivity contribution < 1.29 is 14.3 Å². The molecule has 22 heavy (non-hydrogen) atoms. The first-order chi connectivity index (χ1) is 10.1. The molecule has 0 aliphatic heterocycles. The van der Waals surface area contributed by atoms with E-state index in [0.717, 1.165) is 15.6 Å². The van der Waals surface area contributed by atoms with Crippen LogP contribution < -0.4 is 5.32 Å². The molecule has 0 spiro atoms. The standard InChI is InChI=1S/C17H22BrNO3/c1-11-6-7-13(14(18)10-11)8-9-15(20)22-12(2)16(21)19-17(3,4)5/h6-10,12H,1-5H3,(H,19,21)/b9-8+/t12-/m0/s1. The van der Waals surface area contributed by atoms with Crippen molar-refractivity contribution in [1.29, 1.82) is 0 Å². The third-order valence-corrected chi connectivity index (χ3v) is 3.40. The third-order valence-electron chi connectivity index (χ3n) is 2.72. The van der Waals surface area contributed by atoms with Gasteiger partial charge in [-0.1, -0.05) is 28.1 Å². The fourth-order valence-electron chi connectivity index (χ4n) is 1.66. The predicted molar refractivity (Wildman–Crippen MR) is 91.4 cm³/mol. The van der Waals surface area contributed by atoms with Gasteiger partial charge in [0.1, 0.15) is 0 Å². The van der Waals surface area contributed by atoms with Crippen LogP contribution >= 0.6 is 15.9 Å². The maximum Gasteiger partial charge on any atom is 0.331 e. The van der Waals surface area contributed by atoms with E-state index >= 15 is 0 Å². The lowest BCUT2D eigenvalue weighted by Crippen LogP contribution is -2.46. The van der Waals surface area contributed by atoms with Crippen molar-refractivity contribution in [1.82, 2.24) is 5.32 Å². The molecule has 120 valence electrons. The number of esters is 1. The monoisotopic (exact) mass is 367 g/mol. The lowest BCUT2D eigenvalue weighted by atomic mass is 10.1. The molecule has 0 heterocycles. The molecule has 1 atom stereocenters. The molecule has 5 heteroatoms. The molecule has 0 saturated heterocycles. The molecule has 1 aromatic carbocycles. The summed E-state index contributed by atoms with van der Waals surface area (Å²) >= 11 is 3.44. The molecule has 1 amide bonds. The molecule has 0 fully saturated rings. The second-order valence-electron chi connectivity index (χ2n) is 6.18. The van der Waals surface area contributed by atoms with E-state index in [2.05, 4.69) is 21.2 Å². The molecule has 0 aromatic heterocycles. The molecular formula is C17H22BrNO3. The Bertz CT molecular complexity index is 588. The Morgan fingerprint density at radius 3 is 2.50 bits per heavy atom. The van der Waals surface area contributed by atoms with Gasteiger partial charge in [0, 0.05) is 16.1 Å². The van der Waals surface area contributed by atoms with Gasteiger partial charge in [0.05, 0.1) is 0 Å². The van der Waals surface area contributed by atoms with Gasteiger partial charge >= 0.3 is 5.97 Å². The highest BCUT2D eigenvalue weighted by Gasteiger charge is 2.21. The van der Waals surface area contributed by atoms with Crippen LogP contribution in [-0.4, -0.2) is 23.5 Å². The van der Waals surface area contributed by atoms with E-state index in [4.69, 9.17) is 4.74 Å². The van der Waals surface area contributed by atoms with E-state index in [9.17, 15) is 9.59 Å². The van der Waals surface area contributed by atoms with Crippen molar-refractivity contribution in [2.45, 2.75) is 46.3 Å². The smallest absolute Gasteiger partial charge is 0.331 e. The summed E-state index contributed by atoms with van der Waals surface area (Å²) in [5.41, 5.74) is 1.63. The predicted octanol–water partition coefficient (Wildman–Crippen LogP) is 3.62. The van der Waals surface area contributed by atoms with Crippen molar-refractivity contribution in [3.63, 3.8) is 0 Å². The van der Waals surface area contributed by atoms with E-state index in [0.29, 0.717) is 0 Å². The SMILES string of the molecule is Cc1ccc(/C=C/C(=O)O[C@@H](C)C(=O)NC(C)(C)C)c(Br)c1. The lowest BCUT2D eigenvalue weighted by Gasteiger charge is -2.22. The van der Waals surface area contributed by atoms with Gasteiger partial charge in [-0.05, 0) is 57.9 Å². The summed E-state index contributed by atoms with van der Waals surface area (Å²) in [6, 6.07) is 5.82. The summed E-state index contributed by atoms with van der Waals surface area (Å²) in [5, 5.41) is 2.77. The number of carbonyl (C=O) groups excluding carboxylic acids is 2. The van der Waals surface area contributed by atoms with E-state index < -0.39 is 12.1 Å². The van der Waals surface area contributed by atoms with Gasteiger partial charge in [0.15, 0.2) is 6.10 Å². The molecule has 0 radical (unpaired) electrons. The van der Waals surface area contributed by atoms with Crippen molar-refractivity contribution in [3.8, 4) is 0 Å². The van der Waals surface area contributed by atoms with E-state index in [1.54, 1.807) is 13.0 Å². The molecule has 1 N–H and O–H groups in total. The molecule has 0 aliphatic carbocycles. The maximum absolute atomic E-state index is 11.8.